The quantitative estimate of drug-likeness (QED) is 0.825. The lowest BCUT2D eigenvalue weighted by atomic mass is 10.1. The summed E-state index contributed by atoms with van der Waals surface area (Å²) in [5.41, 5.74) is 1.14. The molecule has 4 rings (SSSR count). The number of aromatic nitrogens is 1. The zero-order chi connectivity index (χ0) is 18.6. The van der Waals surface area contributed by atoms with Crippen LogP contribution in [0, 0.1) is 5.92 Å². The molecule has 0 bridgehead atoms. The first-order valence-electron chi connectivity index (χ1n) is 9.64. The van der Waals surface area contributed by atoms with Crippen LogP contribution in [0.1, 0.15) is 12.0 Å². The molecule has 0 unspecified atom stereocenters. The second-order valence-electron chi connectivity index (χ2n) is 7.46. The van der Waals surface area contributed by atoms with E-state index in [1.807, 2.05) is 36.4 Å². The third kappa shape index (κ3) is 4.54. The van der Waals surface area contributed by atoms with Gasteiger partial charge in [0.2, 0.25) is 0 Å². The molecule has 2 aliphatic heterocycles. The van der Waals surface area contributed by atoms with Crippen LogP contribution in [-0.4, -0.2) is 60.4 Å². The molecule has 0 spiro atoms. The number of anilines is 1. The fraction of sp³-hybridized carbons (Fsp3) is 0.476. The van der Waals surface area contributed by atoms with E-state index in [0.29, 0.717) is 23.4 Å². The van der Waals surface area contributed by atoms with E-state index in [2.05, 4.69) is 14.8 Å². The molecule has 0 saturated carbocycles. The van der Waals surface area contributed by atoms with Gasteiger partial charge in [-0.15, -0.1) is 0 Å². The van der Waals surface area contributed by atoms with Crippen molar-refractivity contribution in [2.75, 3.05) is 44.3 Å². The number of ether oxygens (including phenoxy) is 1. The summed E-state index contributed by atoms with van der Waals surface area (Å²) in [5.74, 6) is 2.49. The van der Waals surface area contributed by atoms with Crippen molar-refractivity contribution < 1.29 is 9.84 Å². The number of pyridine rings is 1. The molecule has 0 amide bonds. The van der Waals surface area contributed by atoms with E-state index in [4.69, 9.17) is 21.4 Å². The maximum absolute atomic E-state index is 8.99. The van der Waals surface area contributed by atoms with Crippen molar-refractivity contribution in [3.63, 3.8) is 0 Å². The Bertz CT molecular complexity index is 738. The van der Waals surface area contributed by atoms with Gasteiger partial charge in [0.1, 0.15) is 11.6 Å². The number of rotatable bonds is 6. The number of benzene rings is 1. The molecule has 1 N–H and O–H groups in total. The highest BCUT2D eigenvalue weighted by Gasteiger charge is 2.36. The van der Waals surface area contributed by atoms with Gasteiger partial charge in [0, 0.05) is 50.9 Å². The van der Waals surface area contributed by atoms with E-state index in [-0.39, 0.29) is 6.61 Å². The Kier molecular flexibility index (Phi) is 5.81. The minimum Gasteiger partial charge on any atom is -0.493 e. The average molecular weight is 388 g/mol. The number of nitrogens with zero attached hydrogens (tertiary/aromatic N) is 3. The van der Waals surface area contributed by atoms with Crippen molar-refractivity contribution >= 4 is 17.4 Å². The molecular weight excluding hydrogens is 362 g/mol. The van der Waals surface area contributed by atoms with Crippen molar-refractivity contribution in [3.8, 4) is 5.75 Å². The van der Waals surface area contributed by atoms with Crippen LogP contribution in [0.25, 0.3) is 0 Å². The first kappa shape index (κ1) is 18.5. The molecule has 2 aliphatic rings. The molecule has 2 saturated heterocycles. The molecule has 0 aliphatic carbocycles. The van der Waals surface area contributed by atoms with Crippen molar-refractivity contribution in [1.82, 2.24) is 9.88 Å². The standard InChI is InChI=1S/C21H26ClN3O2/c22-18-3-6-21(23-12-18)25-9-8-24-13-17(11-19(24)14-25)15-27-20-4-1-16(2-5-20)7-10-26/h1-6,12,17,19,26H,7-11,13-15H2/t17-,19-/m0/s1. The van der Waals surface area contributed by atoms with E-state index in [1.165, 1.54) is 0 Å². The van der Waals surface area contributed by atoms with Crippen molar-refractivity contribution in [2.24, 2.45) is 5.92 Å². The van der Waals surface area contributed by atoms with E-state index >= 15 is 0 Å². The van der Waals surface area contributed by atoms with Crippen LogP contribution in [0.2, 0.25) is 5.02 Å². The summed E-state index contributed by atoms with van der Waals surface area (Å²) in [7, 11) is 0. The Balaban J connectivity index is 1.28. The smallest absolute Gasteiger partial charge is 0.128 e. The summed E-state index contributed by atoms with van der Waals surface area (Å²) in [4.78, 5) is 9.42. The van der Waals surface area contributed by atoms with Crippen LogP contribution >= 0.6 is 11.6 Å². The maximum atomic E-state index is 8.99. The van der Waals surface area contributed by atoms with Gasteiger partial charge in [-0.3, -0.25) is 4.90 Å². The third-order valence-corrected chi connectivity index (χ3v) is 5.77. The maximum Gasteiger partial charge on any atom is 0.128 e. The Morgan fingerprint density at radius 2 is 1.96 bits per heavy atom. The van der Waals surface area contributed by atoms with Crippen LogP contribution in [0.3, 0.4) is 0 Å². The number of halogens is 1. The lowest BCUT2D eigenvalue weighted by Gasteiger charge is -2.38. The summed E-state index contributed by atoms with van der Waals surface area (Å²) in [6.45, 7) is 5.14. The second kappa shape index (κ2) is 8.46. The molecule has 5 nitrogen and oxygen atoms in total. The Hall–Kier alpha value is -1.82. The highest BCUT2D eigenvalue weighted by molar-refractivity contribution is 6.30. The largest absolute Gasteiger partial charge is 0.493 e. The fourth-order valence-corrected chi connectivity index (χ4v) is 4.24. The van der Waals surface area contributed by atoms with Gasteiger partial charge in [-0.05, 0) is 42.7 Å². The highest BCUT2D eigenvalue weighted by Crippen LogP contribution is 2.29. The highest BCUT2D eigenvalue weighted by atomic mass is 35.5. The van der Waals surface area contributed by atoms with Crippen molar-refractivity contribution in [2.45, 2.75) is 18.9 Å². The number of hydrogen-bond acceptors (Lipinski definition) is 5. The molecule has 27 heavy (non-hydrogen) atoms. The predicted octanol–water partition coefficient (Wildman–Crippen LogP) is 2.86. The lowest BCUT2D eigenvalue weighted by molar-refractivity contribution is 0.216. The first-order chi connectivity index (χ1) is 13.2. The molecule has 1 aromatic carbocycles. The fourth-order valence-electron chi connectivity index (χ4n) is 4.13. The van der Waals surface area contributed by atoms with Gasteiger partial charge < -0.3 is 14.7 Å². The first-order valence-corrected chi connectivity index (χ1v) is 10.0. The number of piperazine rings is 1. The van der Waals surface area contributed by atoms with Gasteiger partial charge in [-0.1, -0.05) is 23.7 Å². The summed E-state index contributed by atoms with van der Waals surface area (Å²) in [6, 6.07) is 12.5. The molecule has 2 aromatic rings. The number of aliphatic hydroxyl groups excluding tert-OH is 1. The van der Waals surface area contributed by atoms with Crippen LogP contribution in [0.15, 0.2) is 42.6 Å². The van der Waals surface area contributed by atoms with Gasteiger partial charge in [0.05, 0.1) is 11.6 Å². The molecule has 1 aromatic heterocycles. The SMILES string of the molecule is OCCc1ccc(OC[C@H]2C[C@H]3CN(c4ccc(Cl)cn4)CCN3C2)cc1. The molecule has 0 radical (unpaired) electrons. The zero-order valence-corrected chi connectivity index (χ0v) is 16.2. The Morgan fingerprint density at radius 3 is 2.70 bits per heavy atom. The third-order valence-electron chi connectivity index (χ3n) is 5.55. The predicted molar refractivity (Wildman–Crippen MR) is 108 cm³/mol. The number of fused-ring (bicyclic) bond motifs is 1. The Labute approximate surface area is 165 Å². The minimum atomic E-state index is 0.183. The molecule has 3 heterocycles. The number of aliphatic hydroxyl groups is 1. The van der Waals surface area contributed by atoms with Crippen LogP contribution in [-0.2, 0) is 6.42 Å². The van der Waals surface area contributed by atoms with Crippen LogP contribution in [0.5, 0.6) is 5.75 Å². The van der Waals surface area contributed by atoms with Gasteiger partial charge in [-0.25, -0.2) is 4.98 Å². The monoisotopic (exact) mass is 387 g/mol. The minimum absolute atomic E-state index is 0.183. The van der Waals surface area contributed by atoms with Crippen molar-refractivity contribution in [1.29, 1.82) is 0 Å². The van der Waals surface area contributed by atoms with E-state index in [9.17, 15) is 0 Å². The summed E-state index contributed by atoms with van der Waals surface area (Å²) >= 11 is 5.95. The van der Waals surface area contributed by atoms with Crippen LogP contribution < -0.4 is 9.64 Å². The molecule has 2 fully saturated rings. The van der Waals surface area contributed by atoms with Gasteiger partial charge in [0.15, 0.2) is 0 Å². The van der Waals surface area contributed by atoms with Crippen molar-refractivity contribution in [3.05, 3.63) is 53.2 Å². The molecule has 6 heteroatoms. The van der Waals surface area contributed by atoms with E-state index < -0.39 is 0 Å². The van der Waals surface area contributed by atoms with Gasteiger partial charge in [0.25, 0.3) is 0 Å². The summed E-state index contributed by atoms with van der Waals surface area (Å²) < 4.78 is 6.02. The van der Waals surface area contributed by atoms with Crippen LogP contribution in [0.4, 0.5) is 5.82 Å². The normalized spacial score (nSPS) is 22.7. The summed E-state index contributed by atoms with van der Waals surface area (Å²) in [5, 5.41) is 9.67. The van der Waals surface area contributed by atoms with E-state index in [1.54, 1.807) is 6.20 Å². The second-order valence-corrected chi connectivity index (χ2v) is 7.90. The van der Waals surface area contributed by atoms with E-state index in [0.717, 1.165) is 56.3 Å². The zero-order valence-electron chi connectivity index (χ0n) is 15.4. The molecular formula is C21H26ClN3O2. The molecule has 144 valence electrons. The van der Waals surface area contributed by atoms with Gasteiger partial charge >= 0.3 is 0 Å². The van der Waals surface area contributed by atoms with Gasteiger partial charge in [-0.2, -0.15) is 0 Å². The summed E-state index contributed by atoms with van der Waals surface area (Å²) in [6.07, 6.45) is 3.57. The molecule has 2 atom stereocenters. The topological polar surface area (TPSA) is 48.8 Å². The average Bonchev–Trinajstić information content (AvgIpc) is 3.10. The lowest BCUT2D eigenvalue weighted by Crippen LogP contribution is -2.50. The Morgan fingerprint density at radius 1 is 1.11 bits per heavy atom. The number of hydrogen-bond donors (Lipinski definition) is 1.